The van der Waals surface area contributed by atoms with E-state index in [1.165, 1.54) is 11.8 Å². The van der Waals surface area contributed by atoms with E-state index < -0.39 is 64.4 Å². The van der Waals surface area contributed by atoms with E-state index >= 15 is 0 Å². The molecule has 2 unspecified atom stereocenters. The Balaban J connectivity index is 1.92. The highest BCUT2D eigenvalue weighted by atomic mass is 32.2. The van der Waals surface area contributed by atoms with Crippen LogP contribution < -0.4 is 16.0 Å². The third kappa shape index (κ3) is 15.3. The highest BCUT2D eigenvalue weighted by Gasteiger charge is 2.39. The Labute approximate surface area is 336 Å². The Morgan fingerprint density at radius 2 is 1.16 bits per heavy atom. The molecular weight excluding hydrogens is 733 g/mol. The van der Waals surface area contributed by atoms with Crippen LogP contribution in [0, 0.1) is 0 Å². The Morgan fingerprint density at radius 1 is 0.679 bits per heavy atom. The first-order valence-corrected chi connectivity index (χ1v) is 19.7. The maximum absolute atomic E-state index is 13.9. The van der Waals surface area contributed by atoms with Crippen molar-refractivity contribution in [3.05, 3.63) is 108 Å². The molecule has 0 radical (unpaired) electrons. The number of hydrogen-bond acceptors (Lipinski definition) is 9. The van der Waals surface area contributed by atoms with Gasteiger partial charge in [0.1, 0.15) is 43.0 Å². The maximum atomic E-state index is 13.9. The average molecular weight is 792 g/mol. The third-order valence-electron chi connectivity index (χ3n) is 8.13. The van der Waals surface area contributed by atoms with Gasteiger partial charge in [0.25, 0.3) is 0 Å². The van der Waals surface area contributed by atoms with Crippen molar-refractivity contribution < 1.29 is 42.7 Å². The minimum atomic E-state index is -1.21. The summed E-state index contributed by atoms with van der Waals surface area (Å²) < 4.78 is 16.0. The van der Waals surface area contributed by atoms with E-state index in [0.29, 0.717) is 11.0 Å². The fraction of sp³-hybridized carbons (Fsp3) is 0.465. The van der Waals surface area contributed by atoms with Gasteiger partial charge in [-0.05, 0) is 64.7 Å². The van der Waals surface area contributed by atoms with Gasteiger partial charge in [-0.25, -0.2) is 9.59 Å². The van der Waals surface area contributed by atoms with Gasteiger partial charge < -0.3 is 34.6 Å². The van der Waals surface area contributed by atoms with Crippen molar-refractivity contribution >= 4 is 41.6 Å². The standard InChI is InChI=1S/C43H58N4O8S/c1-41(2,3)54-39(51)34(46-40(52)55-42(4,5)6)25-26-36(48)45-35(38(50)44-29-37(49)53-28-27-47(7,8)9)30-56-43(31-19-13-10-14-20-31,32-21-15-11-16-22-32)33-23-17-12-18-24-33/h10-24,34-35H,25-30H2,1-9H3,(H2-,44,45,46,48,50,52)/p+1. The Bertz CT molecular complexity index is 1640. The van der Waals surface area contributed by atoms with E-state index in [4.69, 9.17) is 14.2 Å². The van der Waals surface area contributed by atoms with Gasteiger partial charge in [0.15, 0.2) is 0 Å². The highest BCUT2D eigenvalue weighted by molar-refractivity contribution is 8.00. The van der Waals surface area contributed by atoms with E-state index in [-0.39, 0.29) is 25.2 Å². The van der Waals surface area contributed by atoms with E-state index in [1.54, 1.807) is 41.5 Å². The van der Waals surface area contributed by atoms with Crippen molar-refractivity contribution in [1.82, 2.24) is 16.0 Å². The van der Waals surface area contributed by atoms with Gasteiger partial charge in [-0.3, -0.25) is 14.4 Å². The lowest BCUT2D eigenvalue weighted by atomic mass is 9.84. The smallest absolute Gasteiger partial charge is 0.408 e. The molecule has 3 rings (SSSR count). The van der Waals surface area contributed by atoms with Crippen LogP contribution in [0.25, 0.3) is 0 Å². The van der Waals surface area contributed by atoms with Crippen LogP contribution in [0.2, 0.25) is 0 Å². The zero-order chi connectivity index (χ0) is 41.6. The van der Waals surface area contributed by atoms with Crippen LogP contribution in [0.1, 0.15) is 71.1 Å². The van der Waals surface area contributed by atoms with Gasteiger partial charge >= 0.3 is 18.0 Å². The van der Waals surface area contributed by atoms with Crippen LogP contribution in [0.15, 0.2) is 91.0 Å². The predicted molar refractivity (Wildman–Crippen MR) is 219 cm³/mol. The minimum absolute atomic E-state index is 0.0818. The zero-order valence-corrected chi connectivity index (χ0v) is 35.0. The fourth-order valence-corrected chi connectivity index (χ4v) is 7.10. The van der Waals surface area contributed by atoms with E-state index in [1.807, 2.05) is 112 Å². The monoisotopic (exact) mass is 791 g/mol. The number of benzene rings is 3. The van der Waals surface area contributed by atoms with E-state index in [0.717, 1.165) is 16.7 Å². The quantitative estimate of drug-likeness (QED) is 0.0651. The van der Waals surface area contributed by atoms with Crippen molar-refractivity contribution in [1.29, 1.82) is 0 Å². The first-order chi connectivity index (χ1) is 26.2. The number of ether oxygens (including phenoxy) is 3. The largest absolute Gasteiger partial charge is 0.458 e. The summed E-state index contributed by atoms with van der Waals surface area (Å²) in [5, 5.41) is 8.03. The predicted octanol–water partition coefficient (Wildman–Crippen LogP) is 5.58. The van der Waals surface area contributed by atoms with Crippen LogP contribution in [-0.4, -0.2) is 104 Å². The van der Waals surface area contributed by atoms with E-state index in [2.05, 4.69) is 16.0 Å². The second kappa shape index (κ2) is 20.3. The first kappa shape index (κ1) is 45.5. The van der Waals surface area contributed by atoms with Crippen LogP contribution in [0.3, 0.4) is 0 Å². The number of carbonyl (C=O) groups excluding carboxylic acids is 5. The van der Waals surface area contributed by atoms with Crippen molar-refractivity contribution in [2.24, 2.45) is 0 Å². The molecule has 0 fully saturated rings. The summed E-state index contributed by atoms with van der Waals surface area (Å²) in [5.41, 5.74) is 1.19. The molecule has 0 aliphatic heterocycles. The summed E-state index contributed by atoms with van der Waals surface area (Å²) >= 11 is 1.47. The lowest BCUT2D eigenvalue weighted by molar-refractivity contribution is -0.870. The number of hydrogen-bond donors (Lipinski definition) is 3. The molecule has 0 saturated carbocycles. The number of likely N-dealkylation sites (N-methyl/N-ethyl adjacent to an activating group) is 1. The van der Waals surface area contributed by atoms with Gasteiger partial charge in [-0.15, -0.1) is 11.8 Å². The van der Waals surface area contributed by atoms with Crippen LogP contribution in [0.5, 0.6) is 0 Å². The number of amides is 3. The molecule has 0 bridgehead atoms. The Morgan fingerprint density at radius 3 is 1.61 bits per heavy atom. The lowest BCUT2D eigenvalue weighted by Crippen LogP contribution is -2.51. The third-order valence-corrected chi connectivity index (χ3v) is 9.77. The number of alkyl carbamates (subject to hydrolysis) is 1. The number of nitrogens with one attached hydrogen (secondary N) is 3. The van der Waals surface area contributed by atoms with Gasteiger partial charge in [0, 0.05) is 12.2 Å². The molecule has 304 valence electrons. The van der Waals surface area contributed by atoms with Crippen LogP contribution >= 0.6 is 11.8 Å². The number of rotatable bonds is 18. The molecule has 0 aliphatic rings. The summed E-state index contributed by atoms with van der Waals surface area (Å²) in [7, 11) is 5.93. The summed E-state index contributed by atoms with van der Waals surface area (Å²) in [6, 6.07) is 27.4. The molecule has 2 atom stereocenters. The van der Waals surface area contributed by atoms with Crippen molar-refractivity contribution in [3.63, 3.8) is 0 Å². The summed E-state index contributed by atoms with van der Waals surface area (Å²) in [5.74, 6) is -2.40. The molecule has 0 saturated heterocycles. The molecular formula is C43H59N4O8S+. The topological polar surface area (TPSA) is 149 Å². The molecule has 3 N–H and O–H groups in total. The van der Waals surface area contributed by atoms with Gasteiger partial charge in [0.2, 0.25) is 11.8 Å². The molecule has 3 aromatic carbocycles. The molecule has 0 spiro atoms. The summed E-state index contributed by atoms with van der Waals surface area (Å²) in [4.78, 5) is 66.1. The van der Waals surface area contributed by atoms with Crippen LogP contribution in [-0.2, 0) is 38.1 Å². The molecule has 12 nitrogen and oxygen atoms in total. The Hall–Kier alpha value is -4.88. The molecule has 56 heavy (non-hydrogen) atoms. The molecule has 0 aromatic heterocycles. The summed E-state index contributed by atoms with van der Waals surface area (Å²) in [6.07, 6.45) is -1.22. The average Bonchev–Trinajstić information content (AvgIpc) is 3.11. The van der Waals surface area contributed by atoms with E-state index in [9.17, 15) is 24.0 Å². The number of thioether (sulfide) groups is 1. The maximum Gasteiger partial charge on any atom is 0.408 e. The second-order valence-electron chi connectivity index (χ2n) is 16.4. The summed E-state index contributed by atoms with van der Waals surface area (Å²) in [6.45, 7) is 10.5. The minimum Gasteiger partial charge on any atom is -0.458 e. The van der Waals surface area contributed by atoms with Crippen LogP contribution in [0.4, 0.5) is 4.79 Å². The number of esters is 2. The van der Waals surface area contributed by atoms with Gasteiger partial charge in [0.05, 0.1) is 25.9 Å². The normalized spacial score (nSPS) is 13.1. The SMILES string of the molecule is CC(C)(C)OC(=O)NC(CCC(=O)NC(CSC(c1ccccc1)(c1ccccc1)c1ccccc1)C(=O)NCC(=O)OCC[N+](C)(C)C)C(=O)OC(C)(C)C. The first-order valence-electron chi connectivity index (χ1n) is 18.7. The number of carbonyl (C=O) groups is 5. The molecule has 0 heterocycles. The number of nitrogens with zero attached hydrogens (tertiary/aromatic N) is 1. The van der Waals surface area contributed by atoms with Gasteiger partial charge in [-0.2, -0.15) is 0 Å². The molecule has 0 aliphatic carbocycles. The molecule has 3 amide bonds. The van der Waals surface area contributed by atoms with Crippen molar-refractivity contribution in [2.75, 3.05) is 46.6 Å². The lowest BCUT2D eigenvalue weighted by Gasteiger charge is -2.36. The molecule has 3 aromatic rings. The zero-order valence-electron chi connectivity index (χ0n) is 34.2. The second-order valence-corrected chi connectivity index (χ2v) is 17.7. The highest BCUT2D eigenvalue weighted by Crippen LogP contribution is 2.48. The Kier molecular flexibility index (Phi) is 16.5. The van der Waals surface area contributed by atoms with Gasteiger partial charge in [-0.1, -0.05) is 91.0 Å². The fourth-order valence-electron chi connectivity index (χ4n) is 5.54. The number of quaternary nitrogens is 1. The molecule has 13 heteroatoms. The van der Waals surface area contributed by atoms with Crippen molar-refractivity contribution in [3.8, 4) is 0 Å². The van der Waals surface area contributed by atoms with Crippen molar-refractivity contribution in [2.45, 2.75) is 82.4 Å².